The molecule has 0 spiro atoms. The molecule has 0 heterocycles. The first-order chi connectivity index (χ1) is 7.81. The molecule has 4 heteroatoms. The summed E-state index contributed by atoms with van der Waals surface area (Å²) in [6, 6.07) is 7.57. The maximum Gasteiger partial charge on any atom is 0.251 e. The van der Waals surface area contributed by atoms with Crippen LogP contribution in [-0.4, -0.2) is 31.5 Å². The van der Waals surface area contributed by atoms with Gasteiger partial charge in [0.05, 0.1) is 6.54 Å². The average molecular weight is 242 g/mol. The lowest BCUT2D eigenvalue weighted by atomic mass is 9.84. The van der Waals surface area contributed by atoms with E-state index in [1.165, 1.54) is 0 Å². The third kappa shape index (κ3) is 4.30. The van der Waals surface area contributed by atoms with Crippen molar-refractivity contribution < 1.29 is 8.78 Å². The molecule has 0 aliphatic heterocycles. The smallest absolute Gasteiger partial charge is 0.251 e. The number of nitrogens with zero attached hydrogens (tertiary/aromatic N) is 1. The van der Waals surface area contributed by atoms with Crippen LogP contribution in [0, 0.1) is 0 Å². The van der Waals surface area contributed by atoms with Crippen LogP contribution in [0.15, 0.2) is 24.3 Å². The molecular weight excluding hydrogens is 222 g/mol. The monoisotopic (exact) mass is 242 g/mol. The van der Waals surface area contributed by atoms with Gasteiger partial charge in [0.2, 0.25) is 0 Å². The van der Waals surface area contributed by atoms with Gasteiger partial charge in [0.25, 0.3) is 6.43 Å². The van der Waals surface area contributed by atoms with E-state index in [0.29, 0.717) is 12.2 Å². The van der Waals surface area contributed by atoms with Gasteiger partial charge in [-0.25, -0.2) is 8.78 Å². The summed E-state index contributed by atoms with van der Waals surface area (Å²) in [4.78, 5) is 1.65. The molecule has 17 heavy (non-hydrogen) atoms. The van der Waals surface area contributed by atoms with E-state index in [4.69, 9.17) is 5.73 Å². The topological polar surface area (TPSA) is 29.3 Å². The highest BCUT2D eigenvalue weighted by Gasteiger charge is 2.23. The molecule has 96 valence electrons. The van der Waals surface area contributed by atoms with Gasteiger partial charge in [0.15, 0.2) is 0 Å². The van der Waals surface area contributed by atoms with Gasteiger partial charge in [0.1, 0.15) is 0 Å². The fraction of sp³-hybridized carbons (Fsp3) is 0.538. The number of rotatable bonds is 5. The number of anilines is 1. The first-order valence-electron chi connectivity index (χ1n) is 5.64. The van der Waals surface area contributed by atoms with Crippen molar-refractivity contribution in [1.82, 2.24) is 4.90 Å². The zero-order chi connectivity index (χ0) is 13.1. The summed E-state index contributed by atoms with van der Waals surface area (Å²) in [6.45, 7) is 4.47. The van der Waals surface area contributed by atoms with E-state index in [9.17, 15) is 8.78 Å². The molecule has 2 nitrogen and oxygen atoms in total. The molecule has 0 aliphatic carbocycles. The fourth-order valence-corrected chi connectivity index (χ4v) is 2.00. The number of halogens is 2. The van der Waals surface area contributed by atoms with Gasteiger partial charge in [-0.05, 0) is 24.7 Å². The Bertz CT molecular complexity index is 347. The summed E-state index contributed by atoms with van der Waals surface area (Å²) in [5.41, 5.74) is 7.28. The molecule has 0 saturated carbocycles. The molecule has 0 amide bonds. The highest BCUT2D eigenvalue weighted by Crippen LogP contribution is 2.25. The molecule has 0 atom stereocenters. The van der Waals surface area contributed by atoms with Crippen LogP contribution in [0.25, 0.3) is 0 Å². The van der Waals surface area contributed by atoms with Gasteiger partial charge in [-0.2, -0.15) is 0 Å². The van der Waals surface area contributed by atoms with E-state index >= 15 is 0 Å². The Labute approximate surface area is 101 Å². The molecule has 1 aromatic rings. The molecule has 1 aromatic carbocycles. The van der Waals surface area contributed by atoms with Crippen molar-refractivity contribution in [2.75, 3.05) is 25.9 Å². The van der Waals surface area contributed by atoms with Crippen molar-refractivity contribution in [1.29, 1.82) is 0 Å². The number of likely N-dealkylation sites (N-methyl/N-ethyl adjacent to an activating group) is 1. The minimum absolute atomic E-state index is 0.169. The largest absolute Gasteiger partial charge is 0.399 e. The number of hydrogen-bond acceptors (Lipinski definition) is 2. The predicted molar refractivity (Wildman–Crippen MR) is 67.4 cm³/mol. The van der Waals surface area contributed by atoms with Gasteiger partial charge in [-0.3, -0.25) is 4.90 Å². The molecule has 0 aliphatic rings. The summed E-state index contributed by atoms with van der Waals surface area (Å²) in [5, 5.41) is 0. The second-order valence-electron chi connectivity index (χ2n) is 5.09. The van der Waals surface area contributed by atoms with E-state index in [1.54, 1.807) is 11.9 Å². The van der Waals surface area contributed by atoms with Gasteiger partial charge in [-0.15, -0.1) is 0 Å². The first kappa shape index (κ1) is 13.9. The Balaban J connectivity index is 2.70. The van der Waals surface area contributed by atoms with E-state index < -0.39 is 6.43 Å². The molecule has 0 radical (unpaired) electrons. The van der Waals surface area contributed by atoms with Crippen molar-refractivity contribution in [3.8, 4) is 0 Å². The van der Waals surface area contributed by atoms with Gasteiger partial charge < -0.3 is 5.73 Å². The minimum Gasteiger partial charge on any atom is -0.399 e. The Morgan fingerprint density at radius 1 is 1.24 bits per heavy atom. The maximum absolute atomic E-state index is 12.3. The third-order valence-electron chi connectivity index (χ3n) is 2.81. The second-order valence-corrected chi connectivity index (χ2v) is 5.09. The Morgan fingerprint density at radius 2 is 1.76 bits per heavy atom. The van der Waals surface area contributed by atoms with Crippen LogP contribution >= 0.6 is 0 Å². The minimum atomic E-state index is -2.29. The van der Waals surface area contributed by atoms with Gasteiger partial charge >= 0.3 is 0 Å². The summed E-state index contributed by atoms with van der Waals surface area (Å²) in [5.74, 6) is 0. The molecule has 0 bridgehead atoms. The zero-order valence-electron chi connectivity index (χ0n) is 10.6. The van der Waals surface area contributed by atoms with Crippen molar-refractivity contribution in [2.45, 2.75) is 25.7 Å². The van der Waals surface area contributed by atoms with Crippen LogP contribution in [0.5, 0.6) is 0 Å². The number of alkyl halides is 2. The van der Waals surface area contributed by atoms with Crippen molar-refractivity contribution in [3.63, 3.8) is 0 Å². The quantitative estimate of drug-likeness (QED) is 0.804. The van der Waals surface area contributed by atoms with Crippen LogP contribution in [-0.2, 0) is 5.41 Å². The van der Waals surface area contributed by atoms with Gasteiger partial charge in [-0.1, -0.05) is 26.0 Å². The maximum atomic E-state index is 12.3. The summed E-state index contributed by atoms with van der Waals surface area (Å²) >= 11 is 0. The number of hydrogen-bond donors (Lipinski definition) is 1. The second kappa shape index (κ2) is 5.45. The highest BCUT2D eigenvalue weighted by atomic mass is 19.3. The van der Waals surface area contributed by atoms with Crippen LogP contribution in [0.2, 0.25) is 0 Å². The van der Waals surface area contributed by atoms with E-state index in [2.05, 4.69) is 0 Å². The molecule has 0 aromatic heterocycles. The molecule has 1 rings (SSSR count). The molecule has 0 fully saturated rings. The van der Waals surface area contributed by atoms with Crippen molar-refractivity contribution >= 4 is 5.69 Å². The number of nitrogens with two attached hydrogens (primary N) is 1. The summed E-state index contributed by atoms with van der Waals surface area (Å²) in [7, 11) is 1.71. The lowest BCUT2D eigenvalue weighted by molar-refractivity contribution is 0.0920. The molecule has 2 N–H and O–H groups in total. The predicted octanol–water partition coefficient (Wildman–Crippen LogP) is 2.74. The lowest BCUT2D eigenvalue weighted by Gasteiger charge is -2.30. The Kier molecular flexibility index (Phi) is 4.46. The van der Waals surface area contributed by atoms with Crippen LogP contribution < -0.4 is 5.73 Å². The zero-order valence-corrected chi connectivity index (χ0v) is 10.6. The first-order valence-corrected chi connectivity index (χ1v) is 5.64. The van der Waals surface area contributed by atoms with E-state index in [1.807, 2.05) is 38.1 Å². The van der Waals surface area contributed by atoms with Crippen molar-refractivity contribution in [2.24, 2.45) is 0 Å². The third-order valence-corrected chi connectivity index (χ3v) is 2.81. The average Bonchev–Trinajstić information content (AvgIpc) is 2.15. The van der Waals surface area contributed by atoms with Crippen molar-refractivity contribution in [3.05, 3.63) is 29.8 Å². The Morgan fingerprint density at radius 3 is 2.24 bits per heavy atom. The summed E-state index contributed by atoms with van der Waals surface area (Å²) in [6.07, 6.45) is -2.29. The highest BCUT2D eigenvalue weighted by molar-refractivity contribution is 5.41. The fourth-order valence-electron chi connectivity index (χ4n) is 2.00. The lowest BCUT2D eigenvalue weighted by Crippen LogP contribution is -2.37. The number of nitrogen functional groups attached to an aromatic ring is 1. The molecule has 0 saturated heterocycles. The van der Waals surface area contributed by atoms with Crippen LogP contribution in [0.3, 0.4) is 0 Å². The standard InChI is InChI=1S/C13H20F2N2/c1-13(2,9-17(3)8-12(14)15)10-4-6-11(16)7-5-10/h4-7,12H,8-9,16H2,1-3H3. The Hall–Kier alpha value is -1.16. The normalized spacial score (nSPS) is 12.4. The van der Waals surface area contributed by atoms with Crippen LogP contribution in [0.4, 0.5) is 14.5 Å². The molecule has 0 unspecified atom stereocenters. The van der Waals surface area contributed by atoms with E-state index in [-0.39, 0.29) is 12.0 Å². The van der Waals surface area contributed by atoms with Crippen LogP contribution in [0.1, 0.15) is 19.4 Å². The van der Waals surface area contributed by atoms with E-state index in [0.717, 1.165) is 5.56 Å². The summed E-state index contributed by atoms with van der Waals surface area (Å²) < 4.78 is 24.5. The number of benzene rings is 1. The SMILES string of the molecule is CN(CC(F)F)CC(C)(C)c1ccc(N)cc1. The molecular formula is C13H20F2N2. The van der Waals surface area contributed by atoms with Gasteiger partial charge in [0, 0.05) is 17.6 Å².